The van der Waals surface area contributed by atoms with Crippen molar-refractivity contribution in [1.29, 1.82) is 0 Å². The van der Waals surface area contributed by atoms with Gasteiger partial charge in [-0.1, -0.05) is 30.3 Å². The molecule has 1 aromatic carbocycles. The van der Waals surface area contributed by atoms with Gasteiger partial charge in [0.15, 0.2) is 0 Å². The number of hydrogen-bond acceptors (Lipinski definition) is 2. The Labute approximate surface area is 102 Å². The topological polar surface area (TPSA) is 38.9 Å². The van der Waals surface area contributed by atoms with Crippen LogP contribution < -0.4 is 5.73 Å². The van der Waals surface area contributed by atoms with E-state index >= 15 is 0 Å². The fourth-order valence-corrected chi connectivity index (χ4v) is 2.28. The largest absolute Gasteiger partial charge is 0.330 e. The molecule has 2 nitrogen and oxygen atoms in total. The van der Waals surface area contributed by atoms with Crippen LogP contribution in [-0.2, 0) is 5.41 Å². The first-order valence-corrected chi connectivity index (χ1v) is 6.05. The summed E-state index contributed by atoms with van der Waals surface area (Å²) in [6.07, 6.45) is 6.28. The second kappa shape index (κ2) is 3.97. The number of nitrogens with zero attached hydrogens (tertiary/aromatic N) is 1. The van der Waals surface area contributed by atoms with Crippen LogP contribution in [0.15, 0.2) is 48.8 Å². The lowest BCUT2D eigenvalue weighted by Gasteiger charge is -2.13. The maximum atomic E-state index is 5.86. The van der Waals surface area contributed by atoms with Gasteiger partial charge in [0.2, 0.25) is 0 Å². The highest BCUT2D eigenvalue weighted by Gasteiger charge is 2.43. The molecule has 86 valence electrons. The summed E-state index contributed by atoms with van der Waals surface area (Å²) in [6, 6.07) is 12.6. The van der Waals surface area contributed by atoms with E-state index in [0.29, 0.717) is 0 Å². The highest BCUT2D eigenvalue weighted by molar-refractivity contribution is 5.63. The summed E-state index contributed by atoms with van der Waals surface area (Å²) in [6.45, 7) is 0.729. The van der Waals surface area contributed by atoms with E-state index in [9.17, 15) is 0 Å². The van der Waals surface area contributed by atoms with Crippen LogP contribution in [0, 0.1) is 0 Å². The normalized spacial score (nSPS) is 16.8. The Morgan fingerprint density at radius 3 is 2.47 bits per heavy atom. The predicted octanol–water partition coefficient (Wildman–Crippen LogP) is 2.74. The molecule has 0 bridgehead atoms. The van der Waals surface area contributed by atoms with Crippen molar-refractivity contribution >= 4 is 0 Å². The molecule has 1 aliphatic rings. The van der Waals surface area contributed by atoms with Gasteiger partial charge in [-0.05, 0) is 30.0 Å². The van der Waals surface area contributed by atoms with Crippen LogP contribution in [0.25, 0.3) is 11.1 Å². The Bertz CT molecular complexity index is 515. The molecule has 17 heavy (non-hydrogen) atoms. The van der Waals surface area contributed by atoms with E-state index in [1.165, 1.54) is 29.5 Å². The van der Waals surface area contributed by atoms with Gasteiger partial charge < -0.3 is 5.73 Å². The molecular weight excluding hydrogens is 208 g/mol. The summed E-state index contributed by atoms with van der Waals surface area (Å²) in [4.78, 5) is 4.36. The summed E-state index contributed by atoms with van der Waals surface area (Å²) < 4.78 is 0. The van der Waals surface area contributed by atoms with Crippen molar-refractivity contribution in [3.63, 3.8) is 0 Å². The zero-order valence-corrected chi connectivity index (χ0v) is 9.76. The lowest BCUT2D eigenvalue weighted by atomic mass is 9.95. The van der Waals surface area contributed by atoms with E-state index in [4.69, 9.17) is 5.73 Å². The molecule has 0 radical (unpaired) electrons. The summed E-state index contributed by atoms with van der Waals surface area (Å²) >= 11 is 0. The zero-order valence-electron chi connectivity index (χ0n) is 9.76. The number of aromatic nitrogens is 1. The van der Waals surface area contributed by atoms with Gasteiger partial charge in [-0.2, -0.15) is 0 Å². The Morgan fingerprint density at radius 2 is 1.82 bits per heavy atom. The van der Waals surface area contributed by atoms with Crippen LogP contribution in [0.5, 0.6) is 0 Å². The molecular formula is C15H16N2. The van der Waals surface area contributed by atoms with Gasteiger partial charge in [-0.25, -0.2) is 0 Å². The van der Waals surface area contributed by atoms with Crippen molar-refractivity contribution in [1.82, 2.24) is 4.98 Å². The summed E-state index contributed by atoms with van der Waals surface area (Å²) in [5, 5.41) is 0. The van der Waals surface area contributed by atoms with E-state index < -0.39 is 0 Å². The minimum atomic E-state index is 0.220. The van der Waals surface area contributed by atoms with Gasteiger partial charge in [0.1, 0.15) is 0 Å². The van der Waals surface area contributed by atoms with E-state index in [1.807, 2.05) is 18.5 Å². The molecule has 0 saturated heterocycles. The first-order chi connectivity index (χ1) is 8.34. The predicted molar refractivity (Wildman–Crippen MR) is 69.6 cm³/mol. The third-order valence-electron chi connectivity index (χ3n) is 3.70. The molecule has 1 heterocycles. The lowest BCUT2D eigenvalue weighted by molar-refractivity contribution is 0.701. The summed E-state index contributed by atoms with van der Waals surface area (Å²) in [5.41, 5.74) is 9.78. The molecule has 0 unspecified atom stereocenters. The van der Waals surface area contributed by atoms with Gasteiger partial charge in [0, 0.05) is 29.9 Å². The molecule has 2 heteroatoms. The van der Waals surface area contributed by atoms with Crippen LogP contribution in [0.2, 0.25) is 0 Å². The number of benzene rings is 1. The Balaban J connectivity index is 2.00. The van der Waals surface area contributed by atoms with Gasteiger partial charge in [0.25, 0.3) is 0 Å². The highest BCUT2D eigenvalue weighted by atomic mass is 14.7. The van der Waals surface area contributed by atoms with Crippen molar-refractivity contribution in [2.75, 3.05) is 6.54 Å². The lowest BCUT2D eigenvalue weighted by Crippen LogP contribution is -2.19. The van der Waals surface area contributed by atoms with Gasteiger partial charge in [0.05, 0.1) is 0 Å². The fraction of sp³-hybridized carbons (Fsp3) is 0.267. The summed E-state index contributed by atoms with van der Waals surface area (Å²) in [7, 11) is 0. The van der Waals surface area contributed by atoms with Crippen LogP contribution in [0.4, 0.5) is 0 Å². The standard InChI is InChI=1S/C15H16N2/c16-11-15(6-7-15)14-8-13(9-17-10-14)12-4-2-1-3-5-12/h1-5,8-10H,6-7,11,16H2. The second-order valence-electron chi connectivity index (χ2n) is 4.81. The molecule has 0 atom stereocenters. The highest BCUT2D eigenvalue weighted by Crippen LogP contribution is 2.47. The second-order valence-corrected chi connectivity index (χ2v) is 4.81. The monoisotopic (exact) mass is 224 g/mol. The maximum absolute atomic E-state index is 5.86. The number of nitrogens with two attached hydrogens (primary N) is 1. The number of rotatable bonds is 3. The Kier molecular flexibility index (Phi) is 2.45. The van der Waals surface area contributed by atoms with Crippen molar-refractivity contribution in [3.8, 4) is 11.1 Å². The first-order valence-electron chi connectivity index (χ1n) is 6.05. The summed E-state index contributed by atoms with van der Waals surface area (Å²) in [5.74, 6) is 0. The quantitative estimate of drug-likeness (QED) is 0.870. The van der Waals surface area contributed by atoms with Gasteiger partial charge >= 0.3 is 0 Å². The maximum Gasteiger partial charge on any atom is 0.0346 e. The smallest absolute Gasteiger partial charge is 0.0346 e. The Morgan fingerprint density at radius 1 is 1.06 bits per heavy atom. The van der Waals surface area contributed by atoms with Crippen LogP contribution in [-0.4, -0.2) is 11.5 Å². The molecule has 3 rings (SSSR count). The van der Waals surface area contributed by atoms with Crippen molar-refractivity contribution < 1.29 is 0 Å². The minimum absolute atomic E-state index is 0.220. The first kappa shape index (κ1) is 10.5. The molecule has 1 aromatic heterocycles. The van der Waals surface area contributed by atoms with E-state index in [1.54, 1.807) is 0 Å². The van der Waals surface area contributed by atoms with Crippen LogP contribution >= 0.6 is 0 Å². The minimum Gasteiger partial charge on any atom is -0.330 e. The third-order valence-corrected chi connectivity index (χ3v) is 3.70. The molecule has 1 aliphatic carbocycles. The molecule has 1 fully saturated rings. The van der Waals surface area contributed by atoms with Gasteiger partial charge in [-0.3, -0.25) is 4.98 Å². The number of pyridine rings is 1. The van der Waals surface area contributed by atoms with Crippen molar-refractivity contribution in [2.24, 2.45) is 5.73 Å². The van der Waals surface area contributed by atoms with E-state index in [0.717, 1.165) is 6.54 Å². The van der Waals surface area contributed by atoms with Gasteiger partial charge in [-0.15, -0.1) is 0 Å². The average Bonchev–Trinajstić information content (AvgIpc) is 3.21. The van der Waals surface area contributed by atoms with Crippen molar-refractivity contribution in [3.05, 3.63) is 54.4 Å². The molecule has 2 aromatic rings. The fourth-order valence-electron chi connectivity index (χ4n) is 2.28. The average molecular weight is 224 g/mol. The van der Waals surface area contributed by atoms with E-state index in [-0.39, 0.29) is 5.41 Å². The number of hydrogen-bond donors (Lipinski definition) is 1. The zero-order chi connectivity index (χ0) is 11.7. The van der Waals surface area contributed by atoms with Crippen LogP contribution in [0.1, 0.15) is 18.4 Å². The Hall–Kier alpha value is -1.67. The molecule has 0 aliphatic heterocycles. The molecule has 0 spiro atoms. The third kappa shape index (κ3) is 1.85. The molecule has 1 saturated carbocycles. The SMILES string of the molecule is NCC1(c2cncc(-c3ccccc3)c2)CC1. The van der Waals surface area contributed by atoms with Crippen molar-refractivity contribution in [2.45, 2.75) is 18.3 Å². The molecule has 0 amide bonds. The van der Waals surface area contributed by atoms with Crippen LogP contribution in [0.3, 0.4) is 0 Å². The molecule has 2 N–H and O–H groups in total. The van der Waals surface area contributed by atoms with E-state index in [2.05, 4.69) is 35.3 Å².